The number of rotatable bonds is 15. The molecule has 0 aromatic carbocycles. The lowest BCUT2D eigenvalue weighted by molar-refractivity contribution is -0.330. The highest BCUT2D eigenvalue weighted by Crippen LogP contribution is 2.40. The molecule has 0 spiro atoms. The zero-order valence-electron chi connectivity index (χ0n) is 23.7. The summed E-state index contributed by atoms with van der Waals surface area (Å²) in [4.78, 5) is 0. The second kappa shape index (κ2) is 14.6. The van der Waals surface area contributed by atoms with Gasteiger partial charge < -0.3 is 57.6 Å². The Hall–Kier alpha value is -1.00. The van der Waals surface area contributed by atoms with Gasteiger partial charge in [-0.3, -0.25) is 0 Å². The zero-order chi connectivity index (χ0) is 28.7. The quantitative estimate of drug-likeness (QED) is 0.274. The minimum absolute atomic E-state index is 0.0344. The van der Waals surface area contributed by atoms with Gasteiger partial charge in [-0.15, -0.1) is 13.2 Å². The summed E-state index contributed by atoms with van der Waals surface area (Å²) in [7, 11) is 11.9. The minimum Gasteiger partial charge on any atom is -0.383 e. The predicted octanol–water partition coefficient (Wildman–Crippen LogP) is 0.433. The van der Waals surface area contributed by atoms with Crippen molar-refractivity contribution in [1.29, 1.82) is 0 Å². The Balaban J connectivity index is 2.39. The molecule has 2 N–H and O–H groups in total. The van der Waals surface area contributed by atoms with Gasteiger partial charge in [-0.1, -0.05) is 12.2 Å². The van der Waals surface area contributed by atoms with Crippen molar-refractivity contribution in [3.63, 3.8) is 0 Å². The van der Waals surface area contributed by atoms with Crippen molar-refractivity contribution in [2.45, 2.75) is 85.5 Å². The van der Waals surface area contributed by atoms with Crippen LogP contribution in [0.1, 0.15) is 12.8 Å². The third kappa shape index (κ3) is 6.32. The van der Waals surface area contributed by atoms with E-state index in [1.807, 2.05) is 0 Å². The molecule has 12 atom stereocenters. The van der Waals surface area contributed by atoms with E-state index < -0.39 is 72.6 Å². The molecule has 2 aliphatic heterocycles. The molecule has 12 nitrogen and oxygen atoms in total. The van der Waals surface area contributed by atoms with Crippen LogP contribution >= 0.6 is 0 Å². The van der Waals surface area contributed by atoms with E-state index >= 15 is 0 Å². The minimum atomic E-state index is -1.70. The number of hydrogen-bond donors (Lipinski definition) is 2. The fourth-order valence-corrected chi connectivity index (χ4v) is 5.47. The van der Waals surface area contributed by atoms with Crippen LogP contribution in [-0.2, 0) is 47.4 Å². The molecule has 0 aromatic heterocycles. The van der Waals surface area contributed by atoms with Crippen molar-refractivity contribution < 1.29 is 57.6 Å². The Bertz CT molecular complexity index is 679. The normalized spacial score (nSPS) is 39.2. The predicted molar refractivity (Wildman–Crippen MR) is 136 cm³/mol. The Labute approximate surface area is 225 Å². The number of ether oxygens (including phenoxy) is 10. The van der Waals surface area contributed by atoms with Gasteiger partial charge in [0.1, 0.15) is 60.0 Å². The largest absolute Gasteiger partial charge is 0.383 e. The fraction of sp³-hybridized carbons (Fsp3) is 0.846. The maximum absolute atomic E-state index is 11.8. The zero-order valence-corrected chi connectivity index (χ0v) is 23.7. The van der Waals surface area contributed by atoms with E-state index in [4.69, 9.17) is 47.4 Å². The highest BCUT2D eigenvalue weighted by atomic mass is 16.7. The van der Waals surface area contributed by atoms with Gasteiger partial charge in [0.05, 0.1) is 0 Å². The van der Waals surface area contributed by atoms with E-state index in [9.17, 15) is 10.2 Å². The molecule has 2 aliphatic rings. The molecule has 0 bridgehead atoms. The molecule has 0 saturated carbocycles. The van der Waals surface area contributed by atoms with E-state index in [-0.39, 0.29) is 12.8 Å². The lowest BCUT2D eigenvalue weighted by Crippen LogP contribution is -2.67. The molecular weight excluding hydrogens is 504 g/mol. The van der Waals surface area contributed by atoms with Crippen LogP contribution in [0.25, 0.3) is 0 Å². The van der Waals surface area contributed by atoms with Gasteiger partial charge in [-0.2, -0.15) is 0 Å². The van der Waals surface area contributed by atoms with E-state index in [2.05, 4.69) is 13.2 Å². The lowest BCUT2D eigenvalue weighted by Gasteiger charge is -2.50. The maximum Gasteiger partial charge on any atom is 0.186 e. The molecule has 2 unspecified atom stereocenters. The Morgan fingerprint density at radius 1 is 0.526 bits per heavy atom. The van der Waals surface area contributed by atoms with Crippen LogP contribution in [0.2, 0.25) is 0 Å². The Morgan fingerprint density at radius 3 is 1.03 bits per heavy atom. The summed E-state index contributed by atoms with van der Waals surface area (Å²) in [5, 5.41) is 23.7. The SMILES string of the molecule is C=CC(O)(CCC(O)(C=C)[C@H]1O[C@H](OC)[C@H](OC)[C@@H](OC)[C@@H]1OC)[C@H]1O[C@H](OC)[C@H](OC)[C@@H](OC)[C@@H]1OC. The van der Waals surface area contributed by atoms with Gasteiger partial charge in [0, 0.05) is 56.9 Å². The Kier molecular flexibility index (Phi) is 12.7. The molecule has 2 fully saturated rings. The second-order valence-electron chi connectivity index (χ2n) is 9.41. The molecule has 38 heavy (non-hydrogen) atoms. The van der Waals surface area contributed by atoms with Crippen molar-refractivity contribution in [2.75, 3.05) is 56.9 Å². The van der Waals surface area contributed by atoms with Crippen LogP contribution in [0.15, 0.2) is 25.3 Å². The van der Waals surface area contributed by atoms with Gasteiger partial charge >= 0.3 is 0 Å². The van der Waals surface area contributed by atoms with Gasteiger partial charge in [0.15, 0.2) is 12.6 Å². The average molecular weight is 551 g/mol. The third-order valence-corrected chi connectivity index (χ3v) is 7.71. The van der Waals surface area contributed by atoms with Crippen LogP contribution in [0, 0.1) is 0 Å². The fourth-order valence-electron chi connectivity index (χ4n) is 5.47. The van der Waals surface area contributed by atoms with E-state index in [1.54, 1.807) is 0 Å². The van der Waals surface area contributed by atoms with Crippen molar-refractivity contribution in [3.05, 3.63) is 25.3 Å². The van der Waals surface area contributed by atoms with Crippen LogP contribution in [0.3, 0.4) is 0 Å². The number of aliphatic hydroxyl groups is 2. The van der Waals surface area contributed by atoms with Crippen LogP contribution < -0.4 is 0 Å². The third-order valence-electron chi connectivity index (χ3n) is 7.71. The van der Waals surface area contributed by atoms with Gasteiger partial charge in [0.25, 0.3) is 0 Å². The average Bonchev–Trinajstić information content (AvgIpc) is 2.96. The van der Waals surface area contributed by atoms with Crippen LogP contribution in [0.5, 0.6) is 0 Å². The molecule has 0 radical (unpaired) electrons. The smallest absolute Gasteiger partial charge is 0.186 e. The number of hydrogen-bond acceptors (Lipinski definition) is 12. The summed E-state index contributed by atoms with van der Waals surface area (Å²) in [6, 6.07) is 0. The summed E-state index contributed by atoms with van der Waals surface area (Å²) < 4.78 is 57.0. The summed E-state index contributed by atoms with van der Waals surface area (Å²) in [6.45, 7) is 7.68. The van der Waals surface area contributed by atoms with Crippen molar-refractivity contribution in [2.24, 2.45) is 0 Å². The van der Waals surface area contributed by atoms with Crippen molar-refractivity contribution >= 4 is 0 Å². The van der Waals surface area contributed by atoms with Crippen LogP contribution in [0.4, 0.5) is 0 Å². The first-order valence-electron chi connectivity index (χ1n) is 12.4. The molecule has 12 heteroatoms. The molecule has 2 heterocycles. The molecule has 2 saturated heterocycles. The van der Waals surface area contributed by atoms with Crippen LogP contribution in [-0.4, -0.2) is 140 Å². The monoisotopic (exact) mass is 550 g/mol. The first-order valence-corrected chi connectivity index (χ1v) is 12.4. The lowest BCUT2D eigenvalue weighted by atomic mass is 9.77. The highest BCUT2D eigenvalue weighted by molar-refractivity contribution is 5.14. The summed E-state index contributed by atoms with van der Waals surface area (Å²) in [5.74, 6) is 0. The molecule has 222 valence electrons. The first kappa shape index (κ1) is 33.2. The standard InChI is InChI=1S/C26H46O12/c1-11-25(27,21-17(31-5)15(29-3)19(33-7)23(35-9)37-21)13-14-26(28,12-2)22-18(32-6)16(30-4)20(34-8)24(36-10)38-22/h11-12,15-24,27-28H,1-2,13-14H2,3-10H3/t15-,16-,17-,18-,19+,20+,21-,22-,23-,24-,25?,26?/m0/s1. The molecule has 0 aromatic rings. The molecular formula is C26H46O12. The second-order valence-corrected chi connectivity index (χ2v) is 9.41. The van der Waals surface area contributed by atoms with E-state index in [1.165, 1.54) is 69.0 Å². The van der Waals surface area contributed by atoms with Crippen molar-refractivity contribution in [1.82, 2.24) is 0 Å². The van der Waals surface area contributed by atoms with E-state index in [0.29, 0.717) is 0 Å². The molecule has 0 aliphatic carbocycles. The highest BCUT2D eigenvalue weighted by Gasteiger charge is 2.57. The Morgan fingerprint density at radius 2 is 0.816 bits per heavy atom. The summed E-state index contributed by atoms with van der Waals surface area (Å²) >= 11 is 0. The van der Waals surface area contributed by atoms with Gasteiger partial charge in [-0.25, -0.2) is 0 Å². The van der Waals surface area contributed by atoms with E-state index in [0.717, 1.165) is 0 Å². The molecule has 2 rings (SSSR count). The summed E-state index contributed by atoms with van der Waals surface area (Å²) in [6.07, 6.45) is -5.06. The van der Waals surface area contributed by atoms with Gasteiger partial charge in [0.2, 0.25) is 0 Å². The first-order chi connectivity index (χ1) is 18.1. The topological polar surface area (TPSA) is 133 Å². The number of methoxy groups -OCH3 is 8. The maximum atomic E-state index is 11.8. The van der Waals surface area contributed by atoms with Crippen molar-refractivity contribution in [3.8, 4) is 0 Å². The summed E-state index contributed by atoms with van der Waals surface area (Å²) in [5.41, 5.74) is -3.39. The van der Waals surface area contributed by atoms with Gasteiger partial charge in [-0.05, 0) is 12.8 Å². The molecule has 0 amide bonds.